The summed E-state index contributed by atoms with van der Waals surface area (Å²) < 4.78 is 2.23. The lowest BCUT2D eigenvalue weighted by Crippen LogP contribution is -2.40. The highest BCUT2D eigenvalue weighted by molar-refractivity contribution is 5.95. The topological polar surface area (TPSA) is 28.5 Å². The molecule has 0 radical (unpaired) electrons. The molecule has 21 heavy (non-hydrogen) atoms. The lowest BCUT2D eigenvalue weighted by molar-refractivity contribution is 0.0644. The van der Waals surface area contributed by atoms with Crippen molar-refractivity contribution >= 4 is 11.6 Å². The van der Waals surface area contributed by atoms with Crippen molar-refractivity contribution in [3.8, 4) is 0 Å². The van der Waals surface area contributed by atoms with Gasteiger partial charge in [0.05, 0.1) is 6.04 Å². The van der Waals surface area contributed by atoms with E-state index in [4.69, 9.17) is 0 Å². The number of hydrogen-bond donors (Lipinski definition) is 0. The molecule has 1 aromatic carbocycles. The quantitative estimate of drug-likeness (QED) is 0.848. The third-order valence-electron chi connectivity index (χ3n) is 4.21. The minimum atomic E-state index is 0.110. The number of hydrogen-bond acceptors (Lipinski definition) is 2. The van der Waals surface area contributed by atoms with Crippen LogP contribution in [0, 0.1) is 0 Å². The maximum absolute atomic E-state index is 12.8. The summed E-state index contributed by atoms with van der Waals surface area (Å²) in [6.07, 6.45) is 2.08. The molecule has 0 aliphatic carbocycles. The molecule has 2 heterocycles. The molecule has 0 saturated carbocycles. The number of carbonyl (C=O) groups is 1. The average molecular weight is 283 g/mol. The van der Waals surface area contributed by atoms with Gasteiger partial charge < -0.3 is 14.4 Å². The number of anilines is 1. The first-order valence-corrected chi connectivity index (χ1v) is 7.31. The van der Waals surface area contributed by atoms with Gasteiger partial charge in [0.2, 0.25) is 0 Å². The van der Waals surface area contributed by atoms with Crippen LogP contribution in [0.4, 0.5) is 5.69 Å². The number of fused-ring (bicyclic) bond motifs is 1. The van der Waals surface area contributed by atoms with Gasteiger partial charge in [0.15, 0.2) is 0 Å². The molecule has 0 saturated heterocycles. The van der Waals surface area contributed by atoms with Crippen molar-refractivity contribution in [2.75, 3.05) is 25.5 Å². The van der Waals surface area contributed by atoms with E-state index in [9.17, 15) is 4.79 Å². The molecule has 1 amide bonds. The van der Waals surface area contributed by atoms with Gasteiger partial charge in [-0.2, -0.15) is 0 Å². The molecule has 4 heteroatoms. The molecule has 110 valence electrons. The first-order valence-electron chi connectivity index (χ1n) is 7.31. The van der Waals surface area contributed by atoms with E-state index < -0.39 is 0 Å². The van der Waals surface area contributed by atoms with Crippen LogP contribution in [0.5, 0.6) is 0 Å². The zero-order valence-electron chi connectivity index (χ0n) is 12.8. The van der Waals surface area contributed by atoms with E-state index in [-0.39, 0.29) is 11.9 Å². The molecule has 0 fully saturated rings. The second-order valence-electron chi connectivity index (χ2n) is 5.75. The maximum Gasteiger partial charge on any atom is 0.254 e. The van der Waals surface area contributed by atoms with Gasteiger partial charge in [-0.05, 0) is 37.3 Å². The smallest absolute Gasteiger partial charge is 0.254 e. The van der Waals surface area contributed by atoms with E-state index in [0.29, 0.717) is 0 Å². The van der Waals surface area contributed by atoms with Crippen LogP contribution >= 0.6 is 0 Å². The molecule has 2 aromatic rings. The Morgan fingerprint density at radius 2 is 2.00 bits per heavy atom. The van der Waals surface area contributed by atoms with Crippen molar-refractivity contribution in [3.63, 3.8) is 0 Å². The van der Waals surface area contributed by atoms with Gasteiger partial charge in [0.1, 0.15) is 0 Å². The van der Waals surface area contributed by atoms with Crippen LogP contribution in [0.1, 0.15) is 29.0 Å². The molecule has 0 spiro atoms. The first kappa shape index (κ1) is 13.7. The predicted octanol–water partition coefficient (Wildman–Crippen LogP) is 2.77. The van der Waals surface area contributed by atoms with Crippen LogP contribution in [0.15, 0.2) is 42.6 Å². The molecule has 1 aliphatic rings. The van der Waals surface area contributed by atoms with Gasteiger partial charge in [-0.25, -0.2) is 0 Å². The predicted molar refractivity (Wildman–Crippen MR) is 84.7 cm³/mol. The number of amides is 1. The van der Waals surface area contributed by atoms with Crippen molar-refractivity contribution in [1.29, 1.82) is 0 Å². The summed E-state index contributed by atoms with van der Waals surface area (Å²) in [5.41, 5.74) is 3.01. The molecule has 1 unspecified atom stereocenters. The molecule has 3 rings (SSSR count). The van der Waals surface area contributed by atoms with E-state index in [0.717, 1.165) is 24.3 Å². The second-order valence-corrected chi connectivity index (χ2v) is 5.75. The lowest BCUT2D eigenvalue weighted by atomic mass is 10.1. The van der Waals surface area contributed by atoms with Crippen LogP contribution in [0.3, 0.4) is 0 Å². The fraction of sp³-hybridized carbons (Fsp3) is 0.353. The Labute approximate surface area is 125 Å². The summed E-state index contributed by atoms with van der Waals surface area (Å²) in [6.45, 7) is 3.72. The molecular formula is C17H21N3O. The van der Waals surface area contributed by atoms with Gasteiger partial charge in [-0.15, -0.1) is 0 Å². The van der Waals surface area contributed by atoms with Gasteiger partial charge in [-0.1, -0.05) is 6.07 Å². The highest BCUT2D eigenvalue weighted by Crippen LogP contribution is 2.27. The Hall–Kier alpha value is -2.23. The van der Waals surface area contributed by atoms with Crippen LogP contribution in [0.25, 0.3) is 0 Å². The molecule has 4 nitrogen and oxygen atoms in total. The highest BCUT2D eigenvalue weighted by atomic mass is 16.2. The summed E-state index contributed by atoms with van der Waals surface area (Å²) >= 11 is 0. The third-order valence-corrected chi connectivity index (χ3v) is 4.21. The maximum atomic E-state index is 12.8. The summed E-state index contributed by atoms with van der Waals surface area (Å²) in [4.78, 5) is 16.8. The zero-order valence-corrected chi connectivity index (χ0v) is 12.8. The Balaban J connectivity index is 1.88. The fourth-order valence-electron chi connectivity index (χ4n) is 2.94. The normalized spacial score (nSPS) is 17.5. The number of nitrogens with zero attached hydrogens (tertiary/aromatic N) is 3. The number of aromatic nitrogens is 1. The summed E-state index contributed by atoms with van der Waals surface area (Å²) in [5, 5.41) is 0. The van der Waals surface area contributed by atoms with Gasteiger partial charge >= 0.3 is 0 Å². The summed E-state index contributed by atoms with van der Waals surface area (Å²) in [5.74, 6) is 0.110. The number of rotatable bonds is 2. The van der Waals surface area contributed by atoms with Crippen LogP contribution < -0.4 is 4.90 Å². The molecule has 1 aliphatic heterocycles. The van der Waals surface area contributed by atoms with E-state index in [1.54, 1.807) is 0 Å². The molecule has 1 atom stereocenters. The second kappa shape index (κ2) is 5.28. The number of carbonyl (C=O) groups excluding carboxylic acids is 1. The highest BCUT2D eigenvalue weighted by Gasteiger charge is 2.28. The van der Waals surface area contributed by atoms with Gasteiger partial charge in [-0.3, -0.25) is 4.79 Å². The van der Waals surface area contributed by atoms with Crippen LogP contribution in [-0.4, -0.2) is 36.0 Å². The van der Waals surface area contributed by atoms with E-state index in [1.165, 1.54) is 5.69 Å². The van der Waals surface area contributed by atoms with Crippen LogP contribution in [-0.2, 0) is 6.54 Å². The van der Waals surface area contributed by atoms with Crippen molar-refractivity contribution in [2.45, 2.75) is 19.5 Å². The van der Waals surface area contributed by atoms with Crippen molar-refractivity contribution in [3.05, 3.63) is 53.9 Å². The van der Waals surface area contributed by atoms with Crippen molar-refractivity contribution < 1.29 is 4.79 Å². The monoisotopic (exact) mass is 283 g/mol. The fourth-order valence-corrected chi connectivity index (χ4v) is 2.94. The minimum Gasteiger partial charge on any atom is -0.378 e. The Morgan fingerprint density at radius 3 is 2.76 bits per heavy atom. The van der Waals surface area contributed by atoms with E-state index in [2.05, 4.69) is 23.8 Å². The largest absolute Gasteiger partial charge is 0.378 e. The average Bonchev–Trinajstić information content (AvgIpc) is 2.96. The molecule has 0 bridgehead atoms. The van der Waals surface area contributed by atoms with E-state index >= 15 is 0 Å². The Morgan fingerprint density at radius 1 is 1.19 bits per heavy atom. The van der Waals surface area contributed by atoms with Crippen molar-refractivity contribution in [2.24, 2.45) is 0 Å². The lowest BCUT2D eigenvalue weighted by Gasteiger charge is -2.35. The molecule has 1 aromatic heterocycles. The Bertz CT molecular complexity index is 660. The van der Waals surface area contributed by atoms with Crippen molar-refractivity contribution in [1.82, 2.24) is 9.47 Å². The SMILES string of the molecule is CC1c2cccn2CCN1C(=O)c1cccc(N(C)C)c1. The zero-order chi connectivity index (χ0) is 15.0. The third kappa shape index (κ3) is 2.42. The Kier molecular flexibility index (Phi) is 3.45. The molecule has 0 N–H and O–H groups in total. The number of benzene rings is 1. The standard InChI is InChI=1S/C17H21N3O/c1-13-16-8-5-9-19(16)10-11-20(13)17(21)14-6-4-7-15(12-14)18(2)3/h4-9,12-13H,10-11H2,1-3H3. The summed E-state index contributed by atoms with van der Waals surface area (Å²) in [7, 11) is 3.97. The first-order chi connectivity index (χ1) is 10.1. The van der Waals surface area contributed by atoms with E-state index in [1.807, 2.05) is 54.2 Å². The molecular weight excluding hydrogens is 262 g/mol. The van der Waals surface area contributed by atoms with Gasteiger partial charge in [0.25, 0.3) is 5.91 Å². The summed E-state index contributed by atoms with van der Waals surface area (Å²) in [6, 6.07) is 12.1. The van der Waals surface area contributed by atoms with Gasteiger partial charge in [0, 0.05) is 50.3 Å². The van der Waals surface area contributed by atoms with Crippen LogP contribution in [0.2, 0.25) is 0 Å². The minimum absolute atomic E-state index is 0.110.